The van der Waals surface area contributed by atoms with Gasteiger partial charge in [0.05, 0.1) is 0 Å². The van der Waals surface area contributed by atoms with E-state index in [1.807, 2.05) is 31.0 Å². The fourth-order valence-electron chi connectivity index (χ4n) is 2.52. The number of carbonyl (C=O) groups is 1. The number of amides is 1. The van der Waals surface area contributed by atoms with Gasteiger partial charge in [-0.05, 0) is 37.5 Å². The van der Waals surface area contributed by atoms with Crippen LogP contribution in [0.25, 0.3) is 0 Å². The third-order valence-corrected chi connectivity index (χ3v) is 3.68. The van der Waals surface area contributed by atoms with Crippen molar-refractivity contribution in [1.29, 1.82) is 0 Å². The Morgan fingerprint density at radius 2 is 2.00 bits per heavy atom. The van der Waals surface area contributed by atoms with Crippen LogP contribution < -0.4 is 5.73 Å². The van der Waals surface area contributed by atoms with E-state index >= 15 is 0 Å². The molecule has 0 radical (unpaired) electrons. The van der Waals surface area contributed by atoms with E-state index in [0.717, 1.165) is 24.0 Å². The summed E-state index contributed by atoms with van der Waals surface area (Å²) in [7, 11) is 1.90. The van der Waals surface area contributed by atoms with Gasteiger partial charge >= 0.3 is 0 Å². The monoisotopic (exact) mass is 232 g/mol. The van der Waals surface area contributed by atoms with Crippen molar-refractivity contribution in [1.82, 2.24) is 4.90 Å². The van der Waals surface area contributed by atoms with E-state index in [1.54, 1.807) is 6.07 Å². The molecule has 1 aliphatic carbocycles. The van der Waals surface area contributed by atoms with Gasteiger partial charge < -0.3 is 10.6 Å². The van der Waals surface area contributed by atoms with Gasteiger partial charge in [0, 0.05) is 24.3 Å². The molecule has 0 aromatic heterocycles. The first-order valence-electron chi connectivity index (χ1n) is 6.23. The van der Waals surface area contributed by atoms with Gasteiger partial charge in [-0.1, -0.05) is 18.9 Å². The lowest BCUT2D eigenvalue weighted by Gasteiger charge is -2.25. The van der Waals surface area contributed by atoms with Crippen LogP contribution >= 0.6 is 0 Å². The summed E-state index contributed by atoms with van der Waals surface area (Å²) < 4.78 is 0. The summed E-state index contributed by atoms with van der Waals surface area (Å²) in [5.74, 6) is 0.0988. The minimum Gasteiger partial charge on any atom is -0.399 e. The molecule has 3 heteroatoms. The van der Waals surface area contributed by atoms with E-state index in [-0.39, 0.29) is 5.91 Å². The van der Waals surface area contributed by atoms with Crippen LogP contribution in [0.15, 0.2) is 18.2 Å². The average molecular weight is 232 g/mol. The Labute approximate surface area is 103 Å². The largest absolute Gasteiger partial charge is 0.399 e. The first-order chi connectivity index (χ1) is 8.09. The Bertz CT molecular complexity index is 422. The Hall–Kier alpha value is -1.51. The number of rotatable bonds is 2. The maximum Gasteiger partial charge on any atom is 0.254 e. The molecule has 0 spiro atoms. The van der Waals surface area contributed by atoms with Gasteiger partial charge in [-0.15, -0.1) is 0 Å². The fraction of sp³-hybridized carbons (Fsp3) is 0.500. The van der Waals surface area contributed by atoms with Crippen LogP contribution in [-0.4, -0.2) is 23.9 Å². The number of nitrogen functional groups attached to an aromatic ring is 1. The summed E-state index contributed by atoms with van der Waals surface area (Å²) in [4.78, 5) is 14.3. The van der Waals surface area contributed by atoms with Gasteiger partial charge in [0.2, 0.25) is 0 Å². The molecule has 1 aliphatic rings. The minimum absolute atomic E-state index is 0.0988. The normalized spacial score (nSPS) is 16.1. The standard InChI is InChI=1S/C14H20N2O/c1-10-7-8-11(15)9-13(10)14(17)16(2)12-5-3-4-6-12/h7-9,12H,3-6,15H2,1-2H3. The molecule has 3 nitrogen and oxygen atoms in total. The second kappa shape index (κ2) is 4.78. The topological polar surface area (TPSA) is 46.3 Å². The van der Waals surface area contributed by atoms with Gasteiger partial charge in [0.15, 0.2) is 0 Å². The summed E-state index contributed by atoms with van der Waals surface area (Å²) in [6, 6.07) is 5.93. The molecule has 1 amide bonds. The highest BCUT2D eigenvalue weighted by Gasteiger charge is 2.24. The van der Waals surface area contributed by atoms with Crippen LogP contribution in [0, 0.1) is 6.92 Å². The molecule has 0 heterocycles. The van der Waals surface area contributed by atoms with Crippen LogP contribution in [0.3, 0.4) is 0 Å². The molecule has 92 valence electrons. The average Bonchev–Trinajstić information content (AvgIpc) is 2.84. The van der Waals surface area contributed by atoms with E-state index in [0.29, 0.717) is 11.7 Å². The van der Waals surface area contributed by atoms with Crippen molar-refractivity contribution in [3.8, 4) is 0 Å². The molecule has 1 aromatic rings. The zero-order chi connectivity index (χ0) is 12.4. The van der Waals surface area contributed by atoms with Gasteiger partial charge in [-0.2, -0.15) is 0 Å². The van der Waals surface area contributed by atoms with E-state index in [2.05, 4.69) is 0 Å². The molecular weight excluding hydrogens is 212 g/mol. The van der Waals surface area contributed by atoms with Crippen LogP contribution in [0.4, 0.5) is 5.69 Å². The molecule has 0 bridgehead atoms. The van der Waals surface area contributed by atoms with E-state index in [4.69, 9.17) is 5.73 Å². The van der Waals surface area contributed by atoms with Crippen LogP contribution in [-0.2, 0) is 0 Å². The number of aryl methyl sites for hydroxylation is 1. The Balaban J connectivity index is 2.20. The highest BCUT2D eigenvalue weighted by Crippen LogP contribution is 2.24. The Morgan fingerprint density at radius 1 is 1.35 bits per heavy atom. The quantitative estimate of drug-likeness (QED) is 0.797. The smallest absolute Gasteiger partial charge is 0.254 e. The summed E-state index contributed by atoms with van der Waals surface area (Å²) >= 11 is 0. The Kier molecular flexibility index (Phi) is 3.36. The fourth-order valence-corrected chi connectivity index (χ4v) is 2.52. The second-order valence-corrected chi connectivity index (χ2v) is 4.93. The number of hydrogen-bond acceptors (Lipinski definition) is 2. The van der Waals surface area contributed by atoms with Crippen molar-refractivity contribution in [3.63, 3.8) is 0 Å². The molecule has 2 N–H and O–H groups in total. The summed E-state index contributed by atoms with van der Waals surface area (Å²) in [5.41, 5.74) is 8.13. The lowest BCUT2D eigenvalue weighted by Crippen LogP contribution is -2.35. The van der Waals surface area contributed by atoms with E-state index < -0.39 is 0 Å². The van der Waals surface area contributed by atoms with E-state index in [9.17, 15) is 4.79 Å². The molecule has 17 heavy (non-hydrogen) atoms. The maximum atomic E-state index is 12.4. The van der Waals surface area contributed by atoms with Gasteiger partial charge in [-0.25, -0.2) is 0 Å². The van der Waals surface area contributed by atoms with E-state index in [1.165, 1.54) is 12.8 Å². The van der Waals surface area contributed by atoms with Crippen LogP contribution in [0.5, 0.6) is 0 Å². The first kappa shape index (κ1) is 12.0. The Morgan fingerprint density at radius 3 is 2.65 bits per heavy atom. The van der Waals surface area contributed by atoms with Crippen molar-refractivity contribution in [3.05, 3.63) is 29.3 Å². The number of hydrogen-bond donors (Lipinski definition) is 1. The van der Waals surface area contributed by atoms with Crippen LogP contribution in [0.2, 0.25) is 0 Å². The lowest BCUT2D eigenvalue weighted by molar-refractivity contribution is 0.0734. The van der Waals surface area contributed by atoms with Gasteiger partial charge in [0.1, 0.15) is 0 Å². The number of benzene rings is 1. The van der Waals surface area contributed by atoms with Crippen molar-refractivity contribution in [2.75, 3.05) is 12.8 Å². The van der Waals surface area contributed by atoms with Crippen molar-refractivity contribution >= 4 is 11.6 Å². The predicted octanol–water partition coefficient (Wildman–Crippen LogP) is 2.59. The maximum absolute atomic E-state index is 12.4. The van der Waals surface area contributed by atoms with Crippen molar-refractivity contribution in [2.24, 2.45) is 0 Å². The van der Waals surface area contributed by atoms with Crippen LogP contribution in [0.1, 0.15) is 41.6 Å². The number of nitrogens with two attached hydrogens (primary N) is 1. The zero-order valence-corrected chi connectivity index (χ0v) is 10.6. The van der Waals surface area contributed by atoms with Gasteiger partial charge in [0.25, 0.3) is 5.91 Å². The molecule has 0 atom stereocenters. The highest BCUT2D eigenvalue weighted by molar-refractivity contribution is 5.96. The third kappa shape index (κ3) is 2.43. The van der Waals surface area contributed by atoms with Gasteiger partial charge in [-0.3, -0.25) is 4.79 Å². The molecule has 0 saturated heterocycles. The molecule has 1 saturated carbocycles. The molecule has 1 aromatic carbocycles. The molecule has 0 aliphatic heterocycles. The number of nitrogens with zero attached hydrogens (tertiary/aromatic N) is 1. The molecule has 0 unspecified atom stereocenters. The second-order valence-electron chi connectivity index (χ2n) is 4.93. The lowest BCUT2D eigenvalue weighted by atomic mass is 10.1. The number of anilines is 1. The summed E-state index contributed by atoms with van der Waals surface area (Å²) in [6.07, 6.45) is 4.73. The summed E-state index contributed by atoms with van der Waals surface area (Å²) in [6.45, 7) is 1.95. The molecule has 2 rings (SSSR count). The highest BCUT2D eigenvalue weighted by atomic mass is 16.2. The zero-order valence-electron chi connectivity index (χ0n) is 10.6. The molecule has 1 fully saturated rings. The summed E-state index contributed by atoms with van der Waals surface area (Å²) in [5, 5.41) is 0. The first-order valence-corrected chi connectivity index (χ1v) is 6.23. The van der Waals surface area contributed by atoms with Crippen molar-refractivity contribution in [2.45, 2.75) is 38.6 Å². The van der Waals surface area contributed by atoms with Crippen molar-refractivity contribution < 1.29 is 4.79 Å². The SMILES string of the molecule is Cc1ccc(N)cc1C(=O)N(C)C1CCCC1. The minimum atomic E-state index is 0.0988. The third-order valence-electron chi connectivity index (χ3n) is 3.68. The molecular formula is C14H20N2O. The number of carbonyl (C=O) groups excluding carboxylic acids is 1. The predicted molar refractivity (Wildman–Crippen MR) is 69.9 cm³/mol.